The number of nitrogens with one attached hydrogen (secondary N) is 3. The second kappa shape index (κ2) is 12.3. The molecule has 1 atom stereocenters. The zero-order valence-electron chi connectivity index (χ0n) is 17.1. The first-order valence-electron chi connectivity index (χ1n) is 9.33. The molecule has 0 amide bonds. The molecule has 33 heavy (non-hydrogen) atoms. The van der Waals surface area contributed by atoms with Gasteiger partial charge in [0, 0.05) is 31.9 Å². The fourth-order valence-corrected chi connectivity index (χ4v) is 3.08. The predicted octanol–water partition coefficient (Wildman–Crippen LogP) is -0.862. The summed E-state index contributed by atoms with van der Waals surface area (Å²) in [6.45, 7) is -0.228. The van der Waals surface area contributed by atoms with Gasteiger partial charge in [0.15, 0.2) is 0 Å². The Labute approximate surface area is 191 Å². The molecule has 2 rings (SSSR count). The summed E-state index contributed by atoms with van der Waals surface area (Å²) in [5, 5.41) is 23.9. The van der Waals surface area contributed by atoms with Crippen molar-refractivity contribution in [2.24, 2.45) is 0 Å². The molecule has 2 aromatic rings. The number of carboxylic acids is 1. The molecule has 0 spiro atoms. The van der Waals surface area contributed by atoms with Gasteiger partial charge in [0.2, 0.25) is 29.1 Å². The third kappa shape index (κ3) is 9.60. The first kappa shape index (κ1) is 26.3. The van der Waals surface area contributed by atoms with Crippen molar-refractivity contribution >= 4 is 50.9 Å². The number of hydrogen-bond acceptors (Lipinski definition) is 11. The summed E-state index contributed by atoms with van der Waals surface area (Å²) in [5.74, 6) is -1.66. The van der Waals surface area contributed by atoms with E-state index in [2.05, 4.69) is 30.3 Å². The highest BCUT2D eigenvalue weighted by Crippen LogP contribution is 2.18. The van der Waals surface area contributed by atoms with Crippen molar-refractivity contribution in [3.63, 3.8) is 0 Å². The van der Waals surface area contributed by atoms with Crippen molar-refractivity contribution in [2.45, 2.75) is 0 Å². The Morgan fingerprint density at radius 2 is 1.73 bits per heavy atom. The van der Waals surface area contributed by atoms with E-state index in [0.717, 1.165) is 0 Å². The highest BCUT2D eigenvalue weighted by Gasteiger charge is 2.15. The summed E-state index contributed by atoms with van der Waals surface area (Å²) in [6, 6.07) is 5.72. The fourth-order valence-electron chi connectivity index (χ4n) is 2.46. The maximum Gasteiger partial charge on any atom is 0.335 e. The van der Waals surface area contributed by atoms with Gasteiger partial charge in [-0.2, -0.15) is 23.4 Å². The average molecular weight is 506 g/mol. The van der Waals surface area contributed by atoms with Gasteiger partial charge in [-0.05, 0) is 24.3 Å². The molecule has 15 nitrogen and oxygen atoms in total. The number of rotatable bonds is 14. The monoisotopic (exact) mass is 505 g/mol. The number of aromatic nitrogens is 3. The fraction of sp³-hybridized carbons (Fsp3) is 0.375. The molecule has 0 saturated heterocycles. The predicted molar refractivity (Wildman–Crippen MR) is 119 cm³/mol. The van der Waals surface area contributed by atoms with Crippen LogP contribution >= 0.6 is 0 Å². The molecule has 1 aromatic heterocycles. The molecule has 0 saturated carbocycles. The van der Waals surface area contributed by atoms with E-state index in [1.807, 2.05) is 0 Å². The summed E-state index contributed by atoms with van der Waals surface area (Å²) in [7, 11) is -4.22. The van der Waals surface area contributed by atoms with E-state index < -0.39 is 33.1 Å². The molecule has 7 N–H and O–H groups in total. The quantitative estimate of drug-likeness (QED) is 0.122. The number of benzene rings is 1. The van der Waals surface area contributed by atoms with E-state index in [9.17, 15) is 22.5 Å². The Hall–Kier alpha value is -2.96. The van der Waals surface area contributed by atoms with Crippen molar-refractivity contribution in [1.29, 1.82) is 0 Å². The third-order valence-electron chi connectivity index (χ3n) is 3.91. The lowest BCUT2D eigenvalue weighted by molar-refractivity contribution is 0.0697. The number of aliphatic hydroxyl groups is 1. The molecule has 1 unspecified atom stereocenters. The van der Waals surface area contributed by atoms with Crippen LogP contribution in [0.15, 0.2) is 24.3 Å². The lowest BCUT2D eigenvalue weighted by Gasteiger charge is -2.22. The van der Waals surface area contributed by atoms with Crippen LogP contribution in [0.25, 0.3) is 0 Å². The van der Waals surface area contributed by atoms with Gasteiger partial charge in [0.25, 0.3) is 10.1 Å². The Balaban J connectivity index is 2.30. The van der Waals surface area contributed by atoms with E-state index in [0.29, 0.717) is 5.69 Å². The Morgan fingerprint density at radius 1 is 1.06 bits per heavy atom. The molecule has 0 aliphatic rings. The molecule has 1 aromatic carbocycles. The van der Waals surface area contributed by atoms with Crippen molar-refractivity contribution in [3.8, 4) is 0 Å². The lowest BCUT2D eigenvalue weighted by atomic mass is 10.2. The van der Waals surface area contributed by atoms with Gasteiger partial charge in [-0.3, -0.25) is 9.11 Å². The summed E-state index contributed by atoms with van der Waals surface area (Å²) in [4.78, 5) is 25.0. The molecule has 0 radical (unpaired) electrons. The summed E-state index contributed by atoms with van der Waals surface area (Å²) < 4.78 is 52.8. The molecule has 0 bridgehead atoms. The van der Waals surface area contributed by atoms with Gasteiger partial charge in [0.1, 0.15) is 0 Å². The third-order valence-corrected chi connectivity index (χ3v) is 5.09. The minimum atomic E-state index is -4.22. The van der Waals surface area contributed by atoms with Crippen LogP contribution in [0, 0.1) is 0 Å². The van der Waals surface area contributed by atoms with Crippen molar-refractivity contribution < 1.29 is 36.7 Å². The molecule has 0 aliphatic heterocycles. The van der Waals surface area contributed by atoms with Crippen LogP contribution in [0.5, 0.6) is 0 Å². The standard InChI is InChI=1S/C16H23N7O8S2/c24-9-8-23(7-5-18-32(27)28)16-21-14(17-6-10-33(29,30)31)20-15(22-16)19-12-3-1-11(2-4-12)13(25)26/h1-4,18,24H,5-10H2,(H,25,26)(H,27,28)(H,29,30,31)(H2,17,19,20,21,22). The number of carboxylic acid groups (broad SMARTS) is 1. The maximum absolute atomic E-state index is 11.0. The highest BCUT2D eigenvalue weighted by atomic mass is 32.2. The smallest absolute Gasteiger partial charge is 0.335 e. The van der Waals surface area contributed by atoms with Crippen LogP contribution < -0.4 is 20.3 Å². The lowest BCUT2D eigenvalue weighted by Crippen LogP contribution is -2.36. The van der Waals surface area contributed by atoms with E-state index >= 15 is 0 Å². The van der Waals surface area contributed by atoms with Crippen LogP contribution in [-0.2, 0) is 21.4 Å². The normalized spacial score (nSPS) is 12.2. The van der Waals surface area contributed by atoms with Crippen molar-refractivity contribution in [3.05, 3.63) is 29.8 Å². The molecular weight excluding hydrogens is 482 g/mol. The highest BCUT2D eigenvalue weighted by molar-refractivity contribution is 7.85. The van der Waals surface area contributed by atoms with Gasteiger partial charge >= 0.3 is 5.97 Å². The van der Waals surface area contributed by atoms with Gasteiger partial charge in [-0.25, -0.2) is 13.7 Å². The maximum atomic E-state index is 11.0. The number of anilines is 4. The summed E-state index contributed by atoms with van der Waals surface area (Å²) >= 11 is -2.24. The van der Waals surface area contributed by atoms with Crippen LogP contribution in [0.1, 0.15) is 10.4 Å². The molecular formula is C16H23N7O8S2. The Bertz CT molecular complexity index is 1070. The van der Waals surface area contributed by atoms with Gasteiger partial charge in [-0.15, -0.1) is 0 Å². The van der Waals surface area contributed by atoms with E-state index in [1.165, 1.54) is 29.2 Å². The Morgan fingerprint density at radius 3 is 2.30 bits per heavy atom. The molecule has 0 aliphatic carbocycles. The number of aliphatic hydroxyl groups excluding tert-OH is 1. The topological polar surface area (TPSA) is 227 Å². The van der Waals surface area contributed by atoms with Crippen molar-refractivity contribution in [2.75, 3.05) is 54.1 Å². The van der Waals surface area contributed by atoms with Gasteiger partial charge in [-0.1, -0.05) is 0 Å². The van der Waals surface area contributed by atoms with Crippen LogP contribution in [0.3, 0.4) is 0 Å². The second-order valence-electron chi connectivity index (χ2n) is 6.36. The number of nitrogens with zero attached hydrogens (tertiary/aromatic N) is 4. The molecule has 182 valence electrons. The zero-order chi connectivity index (χ0) is 24.4. The van der Waals surface area contributed by atoms with E-state index in [-0.39, 0.29) is 56.2 Å². The first-order chi connectivity index (χ1) is 15.6. The number of carbonyl (C=O) groups is 1. The number of hydrogen-bond donors (Lipinski definition) is 7. The SMILES string of the molecule is O=C(O)c1ccc(Nc2nc(NCCS(=O)(=O)O)nc(N(CCO)CCNS(=O)O)n2)cc1. The largest absolute Gasteiger partial charge is 0.478 e. The molecule has 17 heteroatoms. The van der Waals surface area contributed by atoms with Crippen molar-refractivity contribution in [1.82, 2.24) is 19.7 Å². The average Bonchev–Trinajstić information content (AvgIpc) is 2.72. The van der Waals surface area contributed by atoms with E-state index in [4.69, 9.17) is 14.2 Å². The Kier molecular flexibility index (Phi) is 9.82. The minimum absolute atomic E-state index is 0.0130. The van der Waals surface area contributed by atoms with Crippen LogP contribution in [0.4, 0.5) is 23.5 Å². The zero-order valence-corrected chi connectivity index (χ0v) is 18.7. The second-order valence-corrected chi connectivity index (χ2v) is 8.72. The molecule has 1 heterocycles. The molecule has 0 fully saturated rings. The first-order valence-corrected chi connectivity index (χ1v) is 12.0. The number of aromatic carboxylic acids is 1. The summed E-state index contributed by atoms with van der Waals surface area (Å²) in [5.41, 5.74) is 0.527. The van der Waals surface area contributed by atoms with Gasteiger partial charge in [0.05, 0.1) is 17.9 Å². The van der Waals surface area contributed by atoms with Crippen LogP contribution in [0.2, 0.25) is 0 Å². The van der Waals surface area contributed by atoms with Crippen LogP contribution in [-0.4, -0.2) is 91.4 Å². The van der Waals surface area contributed by atoms with E-state index in [1.54, 1.807) is 0 Å². The minimum Gasteiger partial charge on any atom is -0.478 e. The summed E-state index contributed by atoms with van der Waals surface area (Å²) in [6.07, 6.45) is 0. The van der Waals surface area contributed by atoms with Gasteiger partial charge < -0.3 is 25.7 Å².